The number of benzene rings is 2. The average Bonchev–Trinajstić information content (AvgIpc) is 3.33. The molecule has 1 aliphatic heterocycles. The zero-order chi connectivity index (χ0) is 19.5. The summed E-state index contributed by atoms with van der Waals surface area (Å²) in [6.07, 6.45) is 0. The molecule has 0 aliphatic carbocycles. The third-order valence-corrected chi connectivity index (χ3v) is 4.62. The Bertz CT molecular complexity index is 996. The lowest BCUT2D eigenvalue weighted by atomic mass is 10.2. The van der Waals surface area contributed by atoms with Crippen LogP contribution in [0.25, 0.3) is 0 Å². The summed E-state index contributed by atoms with van der Waals surface area (Å²) in [4.78, 5) is 1.30. The van der Waals surface area contributed by atoms with Crippen molar-refractivity contribution in [2.75, 3.05) is 25.1 Å². The highest BCUT2D eigenvalue weighted by atomic mass is 79.9. The zero-order valence-electron chi connectivity index (χ0n) is 14.9. The van der Waals surface area contributed by atoms with Crippen molar-refractivity contribution in [3.8, 4) is 23.0 Å². The molecule has 0 fully saturated rings. The maximum Gasteiger partial charge on any atom is 0.260 e. The van der Waals surface area contributed by atoms with Gasteiger partial charge in [-0.1, -0.05) is 11.2 Å². The summed E-state index contributed by atoms with van der Waals surface area (Å²) in [6, 6.07) is 9.49. The Morgan fingerprint density at radius 3 is 2.86 bits per heavy atom. The second-order valence-corrected chi connectivity index (χ2v) is 6.72. The fourth-order valence-electron chi connectivity index (χ4n) is 2.67. The summed E-state index contributed by atoms with van der Waals surface area (Å²) in [5.41, 5.74) is 10.5. The van der Waals surface area contributed by atoms with E-state index in [4.69, 9.17) is 24.7 Å². The molecule has 28 heavy (non-hydrogen) atoms. The smallest absolute Gasteiger partial charge is 0.260 e. The number of aromatic nitrogens is 4. The number of methoxy groups -OCH3 is 1. The molecule has 2 aromatic carbocycles. The molecule has 0 radical (unpaired) electrons. The SMILES string of the molecule is COc1cc(CNn2nnnc2N)cc(Br)c1OCc1ccc2c(c1)OCO2. The van der Waals surface area contributed by atoms with Gasteiger partial charge in [0.2, 0.25) is 6.79 Å². The lowest BCUT2D eigenvalue weighted by Crippen LogP contribution is -2.18. The number of ether oxygens (including phenoxy) is 4. The summed E-state index contributed by atoms with van der Waals surface area (Å²) in [6.45, 7) is 1.03. The van der Waals surface area contributed by atoms with Gasteiger partial charge in [0.05, 0.1) is 18.1 Å². The van der Waals surface area contributed by atoms with E-state index in [1.807, 2.05) is 30.3 Å². The lowest BCUT2D eigenvalue weighted by molar-refractivity contribution is 0.174. The van der Waals surface area contributed by atoms with E-state index in [1.54, 1.807) is 7.11 Å². The zero-order valence-corrected chi connectivity index (χ0v) is 16.5. The number of hydrogen-bond acceptors (Lipinski definition) is 9. The first-order valence-corrected chi connectivity index (χ1v) is 9.09. The molecule has 0 spiro atoms. The molecule has 0 saturated carbocycles. The maximum absolute atomic E-state index is 5.98. The first-order valence-electron chi connectivity index (χ1n) is 8.29. The summed E-state index contributed by atoms with van der Waals surface area (Å²) >= 11 is 3.55. The van der Waals surface area contributed by atoms with Crippen molar-refractivity contribution in [3.05, 3.63) is 45.9 Å². The van der Waals surface area contributed by atoms with E-state index in [1.165, 1.54) is 4.79 Å². The van der Waals surface area contributed by atoms with E-state index in [0.717, 1.165) is 27.1 Å². The van der Waals surface area contributed by atoms with E-state index < -0.39 is 0 Å². The van der Waals surface area contributed by atoms with Crippen LogP contribution in [0, 0.1) is 0 Å². The van der Waals surface area contributed by atoms with Gasteiger partial charge in [0.1, 0.15) is 6.61 Å². The van der Waals surface area contributed by atoms with Gasteiger partial charge in [-0.05, 0) is 61.7 Å². The van der Waals surface area contributed by atoms with Crippen LogP contribution in [0.3, 0.4) is 0 Å². The van der Waals surface area contributed by atoms with Crippen LogP contribution in [0.4, 0.5) is 5.95 Å². The Morgan fingerprint density at radius 1 is 1.21 bits per heavy atom. The van der Waals surface area contributed by atoms with Gasteiger partial charge in [-0.2, -0.15) is 0 Å². The topological polar surface area (TPSA) is 119 Å². The fraction of sp³-hybridized carbons (Fsp3) is 0.235. The summed E-state index contributed by atoms with van der Waals surface area (Å²) in [7, 11) is 1.59. The van der Waals surface area contributed by atoms with Crippen molar-refractivity contribution in [2.45, 2.75) is 13.2 Å². The first-order chi connectivity index (χ1) is 13.6. The Hall–Kier alpha value is -3.21. The largest absolute Gasteiger partial charge is 0.493 e. The monoisotopic (exact) mass is 448 g/mol. The molecule has 3 N–H and O–H groups in total. The van der Waals surface area contributed by atoms with Crippen molar-refractivity contribution in [1.29, 1.82) is 0 Å². The highest BCUT2D eigenvalue weighted by Gasteiger charge is 2.15. The Morgan fingerprint density at radius 2 is 2.07 bits per heavy atom. The number of halogens is 1. The van der Waals surface area contributed by atoms with Gasteiger partial charge in [0, 0.05) is 0 Å². The fourth-order valence-corrected chi connectivity index (χ4v) is 3.28. The van der Waals surface area contributed by atoms with Gasteiger partial charge in [0.25, 0.3) is 5.95 Å². The number of tetrazole rings is 1. The Kier molecular flexibility index (Phi) is 5.06. The maximum atomic E-state index is 5.98. The van der Waals surface area contributed by atoms with Crippen molar-refractivity contribution in [2.24, 2.45) is 0 Å². The van der Waals surface area contributed by atoms with Gasteiger partial charge in [0.15, 0.2) is 23.0 Å². The highest BCUT2D eigenvalue weighted by Crippen LogP contribution is 2.38. The molecular weight excluding hydrogens is 432 g/mol. The van der Waals surface area contributed by atoms with Crippen LogP contribution in [0.15, 0.2) is 34.8 Å². The van der Waals surface area contributed by atoms with E-state index in [0.29, 0.717) is 24.7 Å². The number of nitrogen functional groups attached to an aromatic ring is 1. The van der Waals surface area contributed by atoms with Crippen LogP contribution in [-0.2, 0) is 13.2 Å². The molecule has 10 nitrogen and oxygen atoms in total. The summed E-state index contributed by atoms with van der Waals surface area (Å²) in [5, 5.41) is 10.8. The molecule has 0 atom stereocenters. The van der Waals surface area contributed by atoms with Gasteiger partial charge in [-0.15, -0.1) is 4.79 Å². The van der Waals surface area contributed by atoms with Gasteiger partial charge >= 0.3 is 0 Å². The molecule has 0 amide bonds. The van der Waals surface area contributed by atoms with Crippen LogP contribution >= 0.6 is 15.9 Å². The van der Waals surface area contributed by atoms with Crippen LogP contribution in [-0.4, -0.2) is 34.2 Å². The molecular formula is C17H17BrN6O4. The van der Waals surface area contributed by atoms with Gasteiger partial charge in [-0.3, -0.25) is 0 Å². The molecule has 1 aromatic heterocycles. The standard InChI is InChI=1S/C17H17BrN6O4/c1-25-15-6-11(7-20-24-17(19)21-22-23-24)4-12(18)16(15)26-8-10-2-3-13-14(5-10)28-9-27-13/h2-6,20H,7-9H2,1H3,(H2,19,21,23). The van der Waals surface area contributed by atoms with Crippen LogP contribution in [0.1, 0.15) is 11.1 Å². The number of hydrogen-bond donors (Lipinski definition) is 2. The Labute approximate surface area is 168 Å². The molecule has 2 heterocycles. The molecule has 3 aromatic rings. The number of nitrogens with one attached hydrogen (secondary N) is 1. The second-order valence-electron chi connectivity index (χ2n) is 5.87. The molecule has 0 bridgehead atoms. The quantitative estimate of drug-likeness (QED) is 0.559. The van der Waals surface area contributed by atoms with Crippen molar-refractivity contribution >= 4 is 21.9 Å². The number of nitrogens with two attached hydrogens (primary N) is 1. The number of rotatable bonds is 7. The van der Waals surface area contributed by atoms with E-state index >= 15 is 0 Å². The van der Waals surface area contributed by atoms with Crippen LogP contribution in [0.2, 0.25) is 0 Å². The van der Waals surface area contributed by atoms with E-state index in [9.17, 15) is 0 Å². The number of fused-ring (bicyclic) bond motifs is 1. The third kappa shape index (κ3) is 3.74. The van der Waals surface area contributed by atoms with Gasteiger partial charge in [-0.25, -0.2) is 0 Å². The van der Waals surface area contributed by atoms with Crippen molar-refractivity contribution in [1.82, 2.24) is 20.3 Å². The molecule has 4 rings (SSSR count). The second kappa shape index (κ2) is 7.80. The summed E-state index contributed by atoms with van der Waals surface area (Å²) in [5.74, 6) is 2.83. The molecule has 1 aliphatic rings. The number of nitrogens with zero attached hydrogens (tertiary/aromatic N) is 4. The van der Waals surface area contributed by atoms with Crippen LogP contribution < -0.4 is 30.1 Å². The average molecular weight is 449 g/mol. The van der Waals surface area contributed by atoms with Crippen molar-refractivity contribution in [3.63, 3.8) is 0 Å². The van der Waals surface area contributed by atoms with E-state index in [-0.39, 0.29) is 12.7 Å². The molecule has 0 unspecified atom stereocenters. The highest BCUT2D eigenvalue weighted by molar-refractivity contribution is 9.10. The first kappa shape index (κ1) is 18.2. The minimum atomic E-state index is 0.176. The molecule has 146 valence electrons. The minimum absolute atomic E-state index is 0.176. The molecule has 0 saturated heterocycles. The summed E-state index contributed by atoms with van der Waals surface area (Å²) < 4.78 is 23.0. The van der Waals surface area contributed by atoms with Gasteiger partial charge < -0.3 is 30.1 Å². The normalized spacial score (nSPS) is 12.1. The lowest BCUT2D eigenvalue weighted by Gasteiger charge is -2.15. The third-order valence-electron chi connectivity index (χ3n) is 4.04. The Balaban J connectivity index is 1.47. The minimum Gasteiger partial charge on any atom is -0.493 e. The number of anilines is 1. The van der Waals surface area contributed by atoms with E-state index in [2.05, 4.69) is 36.9 Å². The van der Waals surface area contributed by atoms with Crippen LogP contribution in [0.5, 0.6) is 23.0 Å². The predicted molar refractivity (Wildman–Crippen MR) is 103 cm³/mol. The predicted octanol–water partition coefficient (Wildman–Crippen LogP) is 2.08. The molecule has 11 heteroatoms. The van der Waals surface area contributed by atoms with Crippen molar-refractivity contribution < 1.29 is 18.9 Å².